The van der Waals surface area contributed by atoms with Gasteiger partial charge >= 0.3 is 0 Å². The monoisotopic (exact) mass is 396 g/mol. The van der Waals surface area contributed by atoms with Crippen molar-refractivity contribution >= 4 is 37.5 Å². The molecular formula is C16H17BrN2O3S. The topological polar surface area (TPSA) is 66.5 Å². The van der Waals surface area contributed by atoms with E-state index in [9.17, 15) is 13.2 Å². The average Bonchev–Trinajstić information content (AvgIpc) is 2.53. The van der Waals surface area contributed by atoms with Crippen LogP contribution >= 0.6 is 15.9 Å². The van der Waals surface area contributed by atoms with Crippen LogP contribution in [0.2, 0.25) is 0 Å². The number of halogens is 1. The van der Waals surface area contributed by atoms with Crippen LogP contribution < -0.4 is 9.62 Å². The van der Waals surface area contributed by atoms with Gasteiger partial charge in [-0.05, 0) is 43.3 Å². The van der Waals surface area contributed by atoms with Crippen LogP contribution in [0.5, 0.6) is 0 Å². The van der Waals surface area contributed by atoms with E-state index in [1.54, 1.807) is 48.5 Å². The number of aryl methyl sites for hydroxylation is 1. The van der Waals surface area contributed by atoms with Crippen LogP contribution in [0.4, 0.5) is 5.69 Å². The zero-order valence-corrected chi connectivity index (χ0v) is 15.2. The third kappa shape index (κ3) is 4.11. The number of anilines is 1. The van der Waals surface area contributed by atoms with Gasteiger partial charge in [0.1, 0.15) is 6.54 Å². The fraction of sp³-hybridized carbons (Fsp3) is 0.188. The standard InChI is InChI=1S/C16H17BrN2O3S/c1-12-3-9-15(10-4-12)23(21,22)19(11-16(20)18-2)14-7-5-13(17)6-8-14/h3-10H,11H2,1-2H3,(H,18,20). The summed E-state index contributed by atoms with van der Waals surface area (Å²) in [5.74, 6) is -0.386. The molecule has 1 N–H and O–H groups in total. The van der Waals surface area contributed by atoms with Crippen molar-refractivity contribution in [3.05, 3.63) is 58.6 Å². The lowest BCUT2D eigenvalue weighted by Crippen LogP contribution is -2.39. The Morgan fingerprint density at radius 2 is 1.65 bits per heavy atom. The number of carbonyl (C=O) groups excluding carboxylic acids is 1. The van der Waals surface area contributed by atoms with Crippen LogP contribution in [-0.4, -0.2) is 27.9 Å². The molecule has 0 spiro atoms. The van der Waals surface area contributed by atoms with E-state index in [1.165, 1.54) is 7.05 Å². The fourth-order valence-corrected chi connectivity index (χ4v) is 3.65. The predicted octanol–water partition coefficient (Wildman–Crippen LogP) is 2.70. The molecule has 7 heteroatoms. The number of nitrogens with one attached hydrogen (secondary N) is 1. The van der Waals surface area contributed by atoms with E-state index in [4.69, 9.17) is 0 Å². The number of nitrogens with zero attached hydrogens (tertiary/aromatic N) is 1. The van der Waals surface area contributed by atoms with Gasteiger partial charge in [-0.25, -0.2) is 8.42 Å². The highest BCUT2D eigenvalue weighted by atomic mass is 79.9. The van der Waals surface area contributed by atoms with Crippen molar-refractivity contribution in [1.29, 1.82) is 0 Å². The third-order valence-corrected chi connectivity index (χ3v) is 5.61. The first-order valence-electron chi connectivity index (χ1n) is 6.90. The molecule has 0 radical (unpaired) electrons. The predicted molar refractivity (Wildman–Crippen MR) is 93.9 cm³/mol. The lowest BCUT2D eigenvalue weighted by atomic mass is 10.2. The minimum atomic E-state index is -3.83. The van der Waals surface area contributed by atoms with Crippen LogP contribution in [-0.2, 0) is 14.8 Å². The van der Waals surface area contributed by atoms with E-state index >= 15 is 0 Å². The minimum Gasteiger partial charge on any atom is -0.358 e. The normalized spacial score (nSPS) is 11.1. The van der Waals surface area contributed by atoms with Gasteiger partial charge in [0.05, 0.1) is 10.6 Å². The molecule has 0 heterocycles. The number of hydrogen-bond donors (Lipinski definition) is 1. The van der Waals surface area contributed by atoms with Crippen molar-refractivity contribution in [2.75, 3.05) is 17.9 Å². The smallest absolute Gasteiger partial charge is 0.264 e. The van der Waals surface area contributed by atoms with Crippen LogP contribution in [0.15, 0.2) is 57.9 Å². The quantitative estimate of drug-likeness (QED) is 0.844. The Balaban J connectivity index is 2.49. The van der Waals surface area contributed by atoms with Gasteiger partial charge in [0.25, 0.3) is 10.0 Å². The van der Waals surface area contributed by atoms with Crippen LogP contribution in [0, 0.1) is 6.92 Å². The summed E-state index contributed by atoms with van der Waals surface area (Å²) in [6.07, 6.45) is 0. The maximum atomic E-state index is 12.9. The van der Waals surface area contributed by atoms with Gasteiger partial charge in [0, 0.05) is 11.5 Å². The first-order chi connectivity index (χ1) is 10.8. The molecule has 5 nitrogen and oxygen atoms in total. The second-order valence-corrected chi connectivity index (χ2v) is 7.75. The molecule has 0 fully saturated rings. The van der Waals surface area contributed by atoms with Crippen LogP contribution in [0.3, 0.4) is 0 Å². The lowest BCUT2D eigenvalue weighted by Gasteiger charge is -2.24. The number of hydrogen-bond acceptors (Lipinski definition) is 3. The molecule has 0 saturated carbocycles. The molecule has 2 aromatic rings. The Bertz CT molecular complexity index is 787. The second-order valence-electron chi connectivity index (χ2n) is 4.97. The zero-order valence-electron chi connectivity index (χ0n) is 12.8. The molecule has 0 saturated heterocycles. The Kier molecular flexibility index (Phi) is 5.43. The number of amides is 1. The molecule has 0 aliphatic rings. The van der Waals surface area contributed by atoms with E-state index in [0.29, 0.717) is 5.69 Å². The molecule has 0 bridgehead atoms. The Labute approximate surface area is 144 Å². The highest BCUT2D eigenvalue weighted by molar-refractivity contribution is 9.10. The fourth-order valence-electron chi connectivity index (χ4n) is 1.97. The molecule has 0 aliphatic carbocycles. The highest BCUT2D eigenvalue weighted by Gasteiger charge is 2.26. The highest BCUT2D eigenvalue weighted by Crippen LogP contribution is 2.25. The SMILES string of the molecule is CNC(=O)CN(c1ccc(Br)cc1)S(=O)(=O)c1ccc(C)cc1. The molecule has 0 aromatic heterocycles. The molecule has 0 unspecified atom stereocenters. The summed E-state index contributed by atoms with van der Waals surface area (Å²) in [5.41, 5.74) is 1.39. The van der Waals surface area contributed by atoms with Gasteiger partial charge in [0.15, 0.2) is 0 Å². The van der Waals surface area contributed by atoms with Gasteiger partial charge in [0.2, 0.25) is 5.91 Å². The van der Waals surface area contributed by atoms with Crippen molar-refractivity contribution in [3.8, 4) is 0 Å². The molecule has 2 aromatic carbocycles. The largest absolute Gasteiger partial charge is 0.358 e. The number of likely N-dealkylation sites (N-methyl/N-ethyl adjacent to an activating group) is 1. The average molecular weight is 397 g/mol. The lowest BCUT2D eigenvalue weighted by molar-refractivity contribution is -0.119. The molecular weight excluding hydrogens is 380 g/mol. The van der Waals surface area contributed by atoms with Gasteiger partial charge in [-0.3, -0.25) is 9.10 Å². The van der Waals surface area contributed by atoms with Crippen molar-refractivity contribution < 1.29 is 13.2 Å². The number of sulfonamides is 1. The molecule has 23 heavy (non-hydrogen) atoms. The Morgan fingerprint density at radius 1 is 1.09 bits per heavy atom. The summed E-state index contributed by atoms with van der Waals surface area (Å²) >= 11 is 3.32. The Hall–Kier alpha value is -1.86. The summed E-state index contributed by atoms with van der Waals surface area (Å²) in [5, 5.41) is 2.45. The van der Waals surface area contributed by atoms with Crippen molar-refractivity contribution in [2.45, 2.75) is 11.8 Å². The molecule has 0 atom stereocenters. The van der Waals surface area contributed by atoms with Crippen LogP contribution in [0.25, 0.3) is 0 Å². The number of carbonyl (C=O) groups is 1. The molecule has 122 valence electrons. The van der Waals surface area contributed by atoms with Gasteiger partial charge in [-0.1, -0.05) is 33.6 Å². The van der Waals surface area contributed by atoms with Crippen molar-refractivity contribution in [3.63, 3.8) is 0 Å². The molecule has 2 rings (SSSR count). The summed E-state index contributed by atoms with van der Waals surface area (Å²) < 4.78 is 27.8. The van der Waals surface area contributed by atoms with E-state index in [0.717, 1.165) is 14.3 Å². The van der Waals surface area contributed by atoms with E-state index in [-0.39, 0.29) is 17.3 Å². The van der Waals surface area contributed by atoms with Crippen molar-refractivity contribution in [2.24, 2.45) is 0 Å². The maximum absolute atomic E-state index is 12.9. The van der Waals surface area contributed by atoms with Gasteiger partial charge in [-0.2, -0.15) is 0 Å². The van der Waals surface area contributed by atoms with Crippen LogP contribution in [0.1, 0.15) is 5.56 Å². The molecule has 0 aliphatic heterocycles. The summed E-state index contributed by atoms with van der Waals surface area (Å²) in [4.78, 5) is 11.9. The van der Waals surface area contributed by atoms with Gasteiger partial charge < -0.3 is 5.32 Å². The number of rotatable bonds is 5. The number of benzene rings is 2. The zero-order chi connectivity index (χ0) is 17.0. The van der Waals surface area contributed by atoms with Gasteiger partial charge in [-0.15, -0.1) is 0 Å². The Morgan fingerprint density at radius 3 is 2.17 bits per heavy atom. The first kappa shape index (κ1) is 17.5. The third-order valence-electron chi connectivity index (χ3n) is 3.29. The minimum absolute atomic E-state index is 0.148. The van der Waals surface area contributed by atoms with E-state index < -0.39 is 10.0 Å². The summed E-state index contributed by atoms with van der Waals surface area (Å²) in [7, 11) is -2.36. The van der Waals surface area contributed by atoms with E-state index in [1.807, 2.05) is 6.92 Å². The first-order valence-corrected chi connectivity index (χ1v) is 9.13. The second kappa shape index (κ2) is 7.14. The summed E-state index contributed by atoms with van der Waals surface area (Å²) in [6, 6.07) is 13.3. The van der Waals surface area contributed by atoms with Crippen molar-refractivity contribution in [1.82, 2.24) is 5.32 Å². The summed E-state index contributed by atoms with van der Waals surface area (Å²) in [6.45, 7) is 1.60. The molecule has 1 amide bonds. The van der Waals surface area contributed by atoms with E-state index in [2.05, 4.69) is 21.2 Å². The maximum Gasteiger partial charge on any atom is 0.264 e.